The van der Waals surface area contributed by atoms with Crippen LogP contribution in [0.3, 0.4) is 0 Å². The fourth-order valence-corrected chi connectivity index (χ4v) is 2.06. The van der Waals surface area contributed by atoms with Crippen molar-refractivity contribution >= 4 is 16.6 Å². The number of nitrogens with two attached hydrogens (primary N) is 1. The van der Waals surface area contributed by atoms with Crippen LogP contribution >= 0.6 is 0 Å². The Morgan fingerprint density at radius 1 is 1.26 bits per heavy atom. The van der Waals surface area contributed by atoms with Crippen LogP contribution in [0.25, 0.3) is 10.8 Å². The van der Waals surface area contributed by atoms with Crippen LogP contribution < -0.4 is 11.1 Å². The summed E-state index contributed by atoms with van der Waals surface area (Å²) in [5, 5.41) is 14.9. The lowest BCUT2D eigenvalue weighted by atomic mass is 9.94. The number of rotatable bonds is 5. The van der Waals surface area contributed by atoms with Gasteiger partial charge in [0.1, 0.15) is 11.6 Å². The van der Waals surface area contributed by atoms with E-state index in [9.17, 15) is 5.11 Å². The number of aromatic nitrogens is 1. The van der Waals surface area contributed by atoms with E-state index in [0.29, 0.717) is 6.54 Å². The van der Waals surface area contributed by atoms with Gasteiger partial charge in [-0.1, -0.05) is 19.9 Å². The highest BCUT2D eigenvalue weighted by molar-refractivity contribution is 5.92. The fourth-order valence-electron chi connectivity index (χ4n) is 2.06. The van der Waals surface area contributed by atoms with Crippen molar-refractivity contribution in [3.63, 3.8) is 0 Å². The Hall–Kier alpha value is -1.81. The summed E-state index contributed by atoms with van der Waals surface area (Å²) in [5.74, 6) is 1.01. The maximum absolute atomic E-state index is 9.59. The first kappa shape index (κ1) is 13.6. The monoisotopic (exact) mass is 259 g/mol. The lowest BCUT2D eigenvalue weighted by Gasteiger charge is -2.27. The van der Waals surface area contributed by atoms with Crippen molar-refractivity contribution in [2.75, 3.05) is 11.9 Å². The first-order valence-corrected chi connectivity index (χ1v) is 6.68. The molecule has 0 aliphatic carbocycles. The molecule has 0 radical (unpaired) electrons. The average Bonchev–Trinajstić information content (AvgIpc) is 2.44. The normalized spacial score (nSPS) is 11.7. The maximum Gasteiger partial charge on any atom is 0.134 e. The first-order chi connectivity index (χ1) is 9.08. The van der Waals surface area contributed by atoms with E-state index in [1.54, 1.807) is 18.3 Å². The molecule has 0 amide bonds. The van der Waals surface area contributed by atoms with Gasteiger partial charge in [-0.3, -0.25) is 0 Å². The van der Waals surface area contributed by atoms with Gasteiger partial charge in [0.2, 0.25) is 0 Å². The second kappa shape index (κ2) is 5.45. The average molecular weight is 259 g/mol. The number of benzene rings is 1. The summed E-state index contributed by atoms with van der Waals surface area (Å²) in [5.41, 5.74) is 6.06. The number of hydrogen-bond acceptors (Lipinski definition) is 4. The molecular weight excluding hydrogens is 238 g/mol. The van der Waals surface area contributed by atoms with E-state index in [-0.39, 0.29) is 11.3 Å². The molecule has 0 aliphatic heterocycles. The Kier molecular flexibility index (Phi) is 3.90. The van der Waals surface area contributed by atoms with Crippen molar-refractivity contribution in [2.24, 2.45) is 5.73 Å². The molecule has 0 spiro atoms. The molecule has 0 unspecified atom stereocenters. The van der Waals surface area contributed by atoms with Crippen molar-refractivity contribution < 1.29 is 5.11 Å². The van der Waals surface area contributed by atoms with Crippen LogP contribution in [0.1, 0.15) is 26.7 Å². The number of nitrogens with one attached hydrogen (secondary N) is 1. The molecule has 0 bridgehead atoms. The Morgan fingerprint density at radius 3 is 2.68 bits per heavy atom. The summed E-state index contributed by atoms with van der Waals surface area (Å²) < 4.78 is 0. The zero-order valence-corrected chi connectivity index (χ0v) is 11.5. The molecule has 0 saturated heterocycles. The molecular formula is C15H21N3O. The van der Waals surface area contributed by atoms with Gasteiger partial charge >= 0.3 is 0 Å². The van der Waals surface area contributed by atoms with E-state index in [1.165, 1.54) is 0 Å². The SMILES string of the molecule is CCC(N)(CC)CNc1nccc2ccc(O)cc12. The van der Waals surface area contributed by atoms with Crippen LogP contribution in [-0.4, -0.2) is 22.2 Å². The summed E-state index contributed by atoms with van der Waals surface area (Å²) in [6, 6.07) is 7.21. The highest BCUT2D eigenvalue weighted by atomic mass is 16.3. The van der Waals surface area contributed by atoms with E-state index in [2.05, 4.69) is 24.1 Å². The zero-order valence-electron chi connectivity index (χ0n) is 11.5. The van der Waals surface area contributed by atoms with E-state index in [1.807, 2.05) is 12.1 Å². The summed E-state index contributed by atoms with van der Waals surface area (Å²) in [6.07, 6.45) is 3.58. The Bertz CT molecular complexity index is 564. The van der Waals surface area contributed by atoms with Gasteiger partial charge in [-0.25, -0.2) is 4.98 Å². The number of nitrogens with zero attached hydrogens (tertiary/aromatic N) is 1. The summed E-state index contributed by atoms with van der Waals surface area (Å²) >= 11 is 0. The minimum absolute atomic E-state index is 0.222. The standard InChI is InChI=1S/C15H21N3O/c1-3-15(16,4-2)10-18-14-13-9-12(19)6-5-11(13)7-8-17-14/h5-9,19H,3-4,10,16H2,1-2H3,(H,17,18). The minimum atomic E-state index is -0.222. The highest BCUT2D eigenvalue weighted by Crippen LogP contribution is 2.25. The van der Waals surface area contributed by atoms with E-state index >= 15 is 0 Å². The number of phenols is 1. The van der Waals surface area contributed by atoms with E-state index in [4.69, 9.17) is 5.73 Å². The van der Waals surface area contributed by atoms with Crippen LogP contribution in [0.2, 0.25) is 0 Å². The van der Waals surface area contributed by atoms with Crippen molar-refractivity contribution in [3.8, 4) is 5.75 Å². The molecule has 0 fully saturated rings. The molecule has 2 rings (SSSR count). The molecule has 4 heteroatoms. The number of pyridine rings is 1. The predicted molar refractivity (Wildman–Crippen MR) is 79.4 cm³/mol. The fraction of sp³-hybridized carbons (Fsp3) is 0.400. The van der Waals surface area contributed by atoms with Gasteiger partial charge in [0.25, 0.3) is 0 Å². The lowest BCUT2D eigenvalue weighted by molar-refractivity contribution is 0.418. The number of hydrogen-bond donors (Lipinski definition) is 3. The van der Waals surface area contributed by atoms with E-state index < -0.39 is 0 Å². The summed E-state index contributed by atoms with van der Waals surface area (Å²) in [4.78, 5) is 4.34. The van der Waals surface area contributed by atoms with Crippen molar-refractivity contribution in [1.82, 2.24) is 4.98 Å². The topological polar surface area (TPSA) is 71.2 Å². The molecule has 4 nitrogen and oxygen atoms in total. The third-order valence-electron chi connectivity index (χ3n) is 3.77. The van der Waals surface area contributed by atoms with Gasteiger partial charge in [0.15, 0.2) is 0 Å². The third-order valence-corrected chi connectivity index (χ3v) is 3.77. The molecule has 1 aromatic heterocycles. The second-order valence-electron chi connectivity index (χ2n) is 4.99. The Balaban J connectivity index is 2.28. The molecule has 1 heterocycles. The molecule has 0 saturated carbocycles. The highest BCUT2D eigenvalue weighted by Gasteiger charge is 2.20. The largest absolute Gasteiger partial charge is 0.508 e. The summed E-state index contributed by atoms with van der Waals surface area (Å²) in [7, 11) is 0. The molecule has 2 aromatic rings. The maximum atomic E-state index is 9.59. The minimum Gasteiger partial charge on any atom is -0.508 e. The van der Waals surface area contributed by atoms with Gasteiger partial charge in [0.05, 0.1) is 0 Å². The van der Waals surface area contributed by atoms with E-state index in [0.717, 1.165) is 29.4 Å². The van der Waals surface area contributed by atoms with Gasteiger partial charge in [-0.2, -0.15) is 0 Å². The van der Waals surface area contributed by atoms with Crippen LogP contribution in [-0.2, 0) is 0 Å². The zero-order chi connectivity index (χ0) is 13.9. The molecule has 19 heavy (non-hydrogen) atoms. The molecule has 4 N–H and O–H groups in total. The number of phenolic OH excluding ortho intramolecular Hbond substituents is 1. The van der Waals surface area contributed by atoms with Gasteiger partial charge in [-0.05, 0) is 36.4 Å². The van der Waals surface area contributed by atoms with Crippen LogP contribution in [0, 0.1) is 0 Å². The Morgan fingerprint density at radius 2 is 2.00 bits per heavy atom. The quantitative estimate of drug-likeness (QED) is 0.772. The smallest absolute Gasteiger partial charge is 0.134 e. The van der Waals surface area contributed by atoms with Gasteiger partial charge in [-0.15, -0.1) is 0 Å². The van der Waals surface area contributed by atoms with Gasteiger partial charge < -0.3 is 16.2 Å². The number of aromatic hydroxyl groups is 1. The summed E-state index contributed by atoms with van der Waals surface area (Å²) in [6.45, 7) is 4.85. The Labute approximate surface area is 113 Å². The molecule has 102 valence electrons. The first-order valence-electron chi connectivity index (χ1n) is 6.68. The number of anilines is 1. The van der Waals surface area contributed by atoms with Crippen LogP contribution in [0.4, 0.5) is 5.82 Å². The second-order valence-corrected chi connectivity index (χ2v) is 4.99. The molecule has 0 aliphatic rings. The van der Waals surface area contributed by atoms with Crippen LogP contribution in [0.15, 0.2) is 30.5 Å². The predicted octanol–water partition coefficient (Wildman–Crippen LogP) is 2.87. The van der Waals surface area contributed by atoms with Crippen LogP contribution in [0.5, 0.6) is 5.75 Å². The number of fused-ring (bicyclic) bond motifs is 1. The lowest BCUT2D eigenvalue weighted by Crippen LogP contribution is -2.45. The van der Waals surface area contributed by atoms with Crippen molar-refractivity contribution in [2.45, 2.75) is 32.2 Å². The third kappa shape index (κ3) is 2.96. The van der Waals surface area contributed by atoms with Gasteiger partial charge in [0, 0.05) is 23.7 Å². The van der Waals surface area contributed by atoms with Crippen molar-refractivity contribution in [1.29, 1.82) is 0 Å². The molecule has 1 aromatic carbocycles. The molecule has 0 atom stereocenters. The van der Waals surface area contributed by atoms with Crippen molar-refractivity contribution in [3.05, 3.63) is 30.5 Å².